The Bertz CT molecular complexity index is 567. The third-order valence-electron chi connectivity index (χ3n) is 3.21. The van der Waals surface area contributed by atoms with Crippen LogP contribution in [-0.2, 0) is 13.0 Å². The fourth-order valence-electron chi connectivity index (χ4n) is 1.95. The lowest BCUT2D eigenvalue weighted by Gasteiger charge is -2.12. The summed E-state index contributed by atoms with van der Waals surface area (Å²) in [4.78, 5) is 3.87. The number of aromatic nitrogens is 1. The summed E-state index contributed by atoms with van der Waals surface area (Å²) in [5, 5.41) is 0. The predicted molar refractivity (Wildman–Crippen MR) is 76.9 cm³/mol. The van der Waals surface area contributed by atoms with Crippen molar-refractivity contribution in [3.8, 4) is 5.75 Å². The van der Waals surface area contributed by atoms with Crippen LogP contribution in [-0.4, -0.2) is 11.0 Å². The standard InChI is InChI=1S/C16H18F2N2O/c1-2-13(19)7-12-8-14(17)16(15(18)9-12)21-10-11-3-5-20-6-4-11/h3-6,8-9,13H,2,7,10,19H2,1H3. The van der Waals surface area contributed by atoms with Crippen LogP contribution in [0.3, 0.4) is 0 Å². The molecule has 0 spiro atoms. The van der Waals surface area contributed by atoms with Crippen molar-refractivity contribution in [3.05, 3.63) is 59.4 Å². The van der Waals surface area contributed by atoms with Crippen LogP contribution < -0.4 is 10.5 Å². The minimum Gasteiger partial charge on any atom is -0.483 e. The van der Waals surface area contributed by atoms with Crippen molar-refractivity contribution in [3.63, 3.8) is 0 Å². The smallest absolute Gasteiger partial charge is 0.191 e. The lowest BCUT2D eigenvalue weighted by Crippen LogP contribution is -2.21. The third-order valence-corrected chi connectivity index (χ3v) is 3.21. The average Bonchev–Trinajstić information content (AvgIpc) is 2.47. The first-order valence-corrected chi connectivity index (χ1v) is 6.85. The third kappa shape index (κ3) is 4.23. The number of hydrogen-bond acceptors (Lipinski definition) is 3. The Kier molecular flexibility index (Phi) is 5.22. The van der Waals surface area contributed by atoms with Crippen LogP contribution in [0, 0.1) is 11.6 Å². The van der Waals surface area contributed by atoms with Gasteiger partial charge in [0.2, 0.25) is 0 Å². The van der Waals surface area contributed by atoms with Crippen LogP contribution in [0.2, 0.25) is 0 Å². The molecule has 1 aromatic carbocycles. The SMILES string of the molecule is CCC(N)Cc1cc(F)c(OCc2ccncc2)c(F)c1. The summed E-state index contributed by atoms with van der Waals surface area (Å²) in [6.07, 6.45) is 4.39. The molecule has 0 aliphatic heterocycles. The quantitative estimate of drug-likeness (QED) is 0.889. The molecule has 5 heteroatoms. The van der Waals surface area contributed by atoms with E-state index in [1.807, 2.05) is 6.92 Å². The van der Waals surface area contributed by atoms with Crippen LogP contribution >= 0.6 is 0 Å². The van der Waals surface area contributed by atoms with Gasteiger partial charge in [-0.15, -0.1) is 0 Å². The van der Waals surface area contributed by atoms with E-state index in [0.29, 0.717) is 12.0 Å². The van der Waals surface area contributed by atoms with E-state index in [-0.39, 0.29) is 18.4 Å². The first kappa shape index (κ1) is 15.4. The van der Waals surface area contributed by atoms with Crippen molar-refractivity contribution in [2.24, 2.45) is 5.73 Å². The van der Waals surface area contributed by atoms with Crippen molar-refractivity contribution in [2.45, 2.75) is 32.4 Å². The van der Waals surface area contributed by atoms with Crippen LogP contribution in [0.25, 0.3) is 0 Å². The molecule has 0 aliphatic carbocycles. The average molecular weight is 292 g/mol. The summed E-state index contributed by atoms with van der Waals surface area (Å²) in [5.41, 5.74) is 7.13. The minimum atomic E-state index is -0.706. The highest BCUT2D eigenvalue weighted by atomic mass is 19.1. The normalized spacial score (nSPS) is 12.2. The summed E-state index contributed by atoms with van der Waals surface area (Å²) in [5.74, 6) is -1.77. The summed E-state index contributed by atoms with van der Waals surface area (Å²) < 4.78 is 33.1. The summed E-state index contributed by atoms with van der Waals surface area (Å²) in [7, 11) is 0. The molecule has 0 amide bonds. The maximum Gasteiger partial charge on any atom is 0.191 e. The van der Waals surface area contributed by atoms with Crippen LogP contribution in [0.1, 0.15) is 24.5 Å². The Morgan fingerprint density at radius 2 is 1.76 bits per heavy atom. The highest BCUT2D eigenvalue weighted by molar-refractivity contribution is 5.32. The van der Waals surface area contributed by atoms with Gasteiger partial charge >= 0.3 is 0 Å². The van der Waals surface area contributed by atoms with Gasteiger partial charge < -0.3 is 10.5 Å². The lowest BCUT2D eigenvalue weighted by atomic mass is 10.0. The summed E-state index contributed by atoms with van der Waals surface area (Å²) >= 11 is 0. The molecule has 0 radical (unpaired) electrons. The molecule has 1 atom stereocenters. The van der Waals surface area contributed by atoms with Crippen molar-refractivity contribution in [1.82, 2.24) is 4.98 Å². The van der Waals surface area contributed by atoms with Gasteiger partial charge in [-0.25, -0.2) is 8.78 Å². The lowest BCUT2D eigenvalue weighted by molar-refractivity contribution is 0.273. The zero-order chi connectivity index (χ0) is 15.2. The molecule has 2 aromatic rings. The van der Waals surface area contributed by atoms with Gasteiger partial charge in [-0.05, 0) is 48.2 Å². The topological polar surface area (TPSA) is 48.1 Å². The highest BCUT2D eigenvalue weighted by Gasteiger charge is 2.14. The Balaban J connectivity index is 2.10. The van der Waals surface area contributed by atoms with E-state index in [0.717, 1.165) is 12.0 Å². The second-order valence-corrected chi connectivity index (χ2v) is 4.91. The zero-order valence-electron chi connectivity index (χ0n) is 11.9. The molecule has 0 aliphatic rings. The molecule has 1 aromatic heterocycles. The van der Waals surface area contributed by atoms with Gasteiger partial charge in [0.05, 0.1) is 0 Å². The number of ether oxygens (including phenoxy) is 1. The molecule has 1 unspecified atom stereocenters. The van der Waals surface area contributed by atoms with Crippen LogP contribution in [0.4, 0.5) is 8.78 Å². The van der Waals surface area contributed by atoms with E-state index in [2.05, 4.69) is 4.98 Å². The fourth-order valence-corrected chi connectivity index (χ4v) is 1.95. The number of benzene rings is 1. The Morgan fingerprint density at radius 1 is 1.14 bits per heavy atom. The Hall–Kier alpha value is -2.01. The highest BCUT2D eigenvalue weighted by Crippen LogP contribution is 2.25. The van der Waals surface area contributed by atoms with Gasteiger partial charge in [-0.3, -0.25) is 4.98 Å². The van der Waals surface area contributed by atoms with Crippen molar-refractivity contribution < 1.29 is 13.5 Å². The second-order valence-electron chi connectivity index (χ2n) is 4.91. The Labute approximate surface area is 122 Å². The van der Waals surface area contributed by atoms with Crippen molar-refractivity contribution in [1.29, 1.82) is 0 Å². The van der Waals surface area contributed by atoms with Crippen molar-refractivity contribution >= 4 is 0 Å². The molecule has 2 rings (SSSR count). The Morgan fingerprint density at radius 3 is 2.33 bits per heavy atom. The molecule has 0 bridgehead atoms. The monoisotopic (exact) mass is 292 g/mol. The van der Waals surface area contributed by atoms with E-state index in [1.54, 1.807) is 24.5 Å². The van der Waals surface area contributed by atoms with Gasteiger partial charge in [0.15, 0.2) is 17.4 Å². The number of rotatable bonds is 6. The summed E-state index contributed by atoms with van der Waals surface area (Å²) in [6.45, 7) is 2.02. The number of pyridine rings is 1. The van der Waals surface area contributed by atoms with Gasteiger partial charge in [0, 0.05) is 18.4 Å². The van der Waals surface area contributed by atoms with E-state index < -0.39 is 11.6 Å². The summed E-state index contributed by atoms with van der Waals surface area (Å²) in [6, 6.07) is 5.91. The van der Waals surface area contributed by atoms with Gasteiger partial charge in [-0.2, -0.15) is 0 Å². The van der Waals surface area contributed by atoms with E-state index in [4.69, 9.17) is 10.5 Å². The molecule has 1 heterocycles. The zero-order valence-corrected chi connectivity index (χ0v) is 11.9. The molecular formula is C16H18F2N2O. The first-order chi connectivity index (χ1) is 10.1. The molecule has 3 nitrogen and oxygen atoms in total. The second kappa shape index (κ2) is 7.13. The van der Waals surface area contributed by atoms with Crippen LogP contribution in [0.15, 0.2) is 36.7 Å². The first-order valence-electron chi connectivity index (χ1n) is 6.85. The molecule has 2 N–H and O–H groups in total. The molecule has 112 valence electrons. The van der Waals surface area contributed by atoms with Gasteiger partial charge in [-0.1, -0.05) is 6.92 Å². The number of nitrogens with two attached hydrogens (primary N) is 1. The molecule has 0 fully saturated rings. The maximum absolute atomic E-state index is 13.9. The predicted octanol–water partition coefficient (Wildman–Crippen LogP) is 3.22. The van der Waals surface area contributed by atoms with E-state index >= 15 is 0 Å². The fraction of sp³-hybridized carbons (Fsp3) is 0.312. The van der Waals surface area contributed by atoms with E-state index in [1.165, 1.54) is 12.1 Å². The molecular weight excluding hydrogens is 274 g/mol. The number of hydrogen-bond donors (Lipinski definition) is 1. The molecule has 0 saturated heterocycles. The molecule has 21 heavy (non-hydrogen) atoms. The van der Waals surface area contributed by atoms with Crippen LogP contribution in [0.5, 0.6) is 5.75 Å². The largest absolute Gasteiger partial charge is 0.483 e. The molecule has 0 saturated carbocycles. The minimum absolute atomic E-state index is 0.0875. The van der Waals surface area contributed by atoms with E-state index in [9.17, 15) is 8.78 Å². The van der Waals surface area contributed by atoms with Crippen molar-refractivity contribution in [2.75, 3.05) is 0 Å². The number of nitrogens with zero attached hydrogens (tertiary/aromatic N) is 1. The van der Waals surface area contributed by atoms with Gasteiger partial charge in [0.1, 0.15) is 6.61 Å². The maximum atomic E-state index is 13.9. The van der Waals surface area contributed by atoms with Gasteiger partial charge in [0.25, 0.3) is 0 Å². The number of halogens is 2.